The van der Waals surface area contributed by atoms with Crippen LogP contribution in [0.5, 0.6) is 11.5 Å². The molecule has 0 saturated heterocycles. The summed E-state index contributed by atoms with van der Waals surface area (Å²) in [6.07, 6.45) is 0. The van der Waals surface area contributed by atoms with Crippen LogP contribution in [0.25, 0.3) is 10.8 Å². The van der Waals surface area contributed by atoms with Gasteiger partial charge in [-0.15, -0.1) is 0 Å². The molecule has 0 aliphatic heterocycles. The van der Waals surface area contributed by atoms with Crippen LogP contribution in [-0.2, 0) is 6.54 Å². The van der Waals surface area contributed by atoms with Gasteiger partial charge in [-0.25, -0.2) is 4.39 Å². The number of ether oxygens (including phenoxy) is 2. The Labute approximate surface area is 151 Å². The highest BCUT2D eigenvalue weighted by molar-refractivity contribution is 5.94. The summed E-state index contributed by atoms with van der Waals surface area (Å²) < 4.78 is 23.9. The van der Waals surface area contributed by atoms with Crippen molar-refractivity contribution in [1.82, 2.24) is 4.90 Å². The zero-order valence-corrected chi connectivity index (χ0v) is 15.0. The van der Waals surface area contributed by atoms with Gasteiger partial charge in [0, 0.05) is 19.2 Å². The van der Waals surface area contributed by atoms with Gasteiger partial charge in [0.15, 0.2) is 11.6 Å². The molecule has 0 N–H and O–H groups in total. The van der Waals surface area contributed by atoms with Crippen LogP contribution in [0, 0.1) is 5.82 Å². The molecule has 0 aliphatic rings. The zero-order chi connectivity index (χ0) is 18.7. The van der Waals surface area contributed by atoms with Crippen LogP contribution in [0.1, 0.15) is 15.9 Å². The van der Waals surface area contributed by atoms with Gasteiger partial charge in [-0.2, -0.15) is 0 Å². The summed E-state index contributed by atoms with van der Waals surface area (Å²) in [6.45, 7) is 0.425. The predicted molar refractivity (Wildman–Crippen MR) is 99.2 cm³/mol. The molecule has 26 heavy (non-hydrogen) atoms. The number of nitrogens with zero attached hydrogens (tertiary/aromatic N) is 1. The minimum Gasteiger partial charge on any atom is -0.497 e. The molecule has 0 unspecified atom stereocenters. The monoisotopic (exact) mass is 353 g/mol. The maximum absolute atomic E-state index is 13.8. The second-order valence-electron chi connectivity index (χ2n) is 6.06. The summed E-state index contributed by atoms with van der Waals surface area (Å²) in [5.41, 5.74) is 1.28. The Bertz CT molecular complexity index is 955. The van der Waals surface area contributed by atoms with E-state index in [1.165, 1.54) is 19.2 Å². The first-order chi connectivity index (χ1) is 12.5. The number of hydrogen-bond acceptors (Lipinski definition) is 3. The quantitative estimate of drug-likeness (QED) is 0.688. The average molecular weight is 353 g/mol. The number of amides is 1. The normalized spacial score (nSPS) is 10.6. The number of halogens is 1. The van der Waals surface area contributed by atoms with Gasteiger partial charge in [0.2, 0.25) is 0 Å². The number of rotatable bonds is 5. The maximum Gasteiger partial charge on any atom is 0.254 e. The molecule has 134 valence electrons. The molecular formula is C21H20FNO3. The molecule has 0 heterocycles. The van der Waals surface area contributed by atoms with Crippen LogP contribution in [0.2, 0.25) is 0 Å². The Hall–Kier alpha value is -3.08. The zero-order valence-electron chi connectivity index (χ0n) is 15.0. The highest BCUT2D eigenvalue weighted by Crippen LogP contribution is 2.23. The Morgan fingerprint density at radius 3 is 2.38 bits per heavy atom. The van der Waals surface area contributed by atoms with E-state index in [0.717, 1.165) is 22.1 Å². The van der Waals surface area contributed by atoms with Gasteiger partial charge in [0.1, 0.15) is 5.75 Å². The van der Waals surface area contributed by atoms with E-state index < -0.39 is 5.82 Å². The highest BCUT2D eigenvalue weighted by Gasteiger charge is 2.15. The van der Waals surface area contributed by atoms with Crippen molar-refractivity contribution in [2.45, 2.75) is 6.54 Å². The minimum atomic E-state index is -0.550. The van der Waals surface area contributed by atoms with Gasteiger partial charge in [-0.1, -0.05) is 18.2 Å². The number of hydrogen-bond donors (Lipinski definition) is 0. The van der Waals surface area contributed by atoms with Gasteiger partial charge in [-0.3, -0.25) is 4.79 Å². The van der Waals surface area contributed by atoms with Crippen LogP contribution < -0.4 is 9.47 Å². The van der Waals surface area contributed by atoms with Gasteiger partial charge in [0.25, 0.3) is 5.91 Å². The number of fused-ring (bicyclic) bond motifs is 1. The van der Waals surface area contributed by atoms with Crippen molar-refractivity contribution in [3.8, 4) is 11.5 Å². The first kappa shape index (κ1) is 17.7. The Kier molecular flexibility index (Phi) is 5.07. The van der Waals surface area contributed by atoms with E-state index >= 15 is 0 Å². The van der Waals surface area contributed by atoms with Crippen LogP contribution in [-0.4, -0.2) is 32.1 Å². The maximum atomic E-state index is 13.8. The lowest BCUT2D eigenvalue weighted by Crippen LogP contribution is -2.26. The molecule has 3 rings (SSSR count). The second kappa shape index (κ2) is 7.44. The van der Waals surface area contributed by atoms with Gasteiger partial charge in [0.05, 0.1) is 14.2 Å². The van der Waals surface area contributed by atoms with Gasteiger partial charge in [-0.05, 0) is 52.7 Å². The molecule has 1 amide bonds. The van der Waals surface area contributed by atoms with E-state index in [4.69, 9.17) is 9.47 Å². The lowest BCUT2D eigenvalue weighted by atomic mass is 10.1. The SMILES string of the molecule is COc1ccc2cc(CN(C)C(=O)c3ccc(OC)c(F)c3)ccc2c1. The number of benzene rings is 3. The lowest BCUT2D eigenvalue weighted by molar-refractivity contribution is 0.0784. The average Bonchev–Trinajstić information content (AvgIpc) is 2.66. The summed E-state index contributed by atoms with van der Waals surface area (Å²) in [5, 5.41) is 2.14. The smallest absolute Gasteiger partial charge is 0.254 e. The first-order valence-corrected chi connectivity index (χ1v) is 8.17. The van der Waals surface area contributed by atoms with E-state index in [2.05, 4.69) is 0 Å². The Morgan fingerprint density at radius 2 is 1.69 bits per heavy atom. The fourth-order valence-corrected chi connectivity index (χ4v) is 2.86. The molecule has 0 fully saturated rings. The van der Waals surface area contributed by atoms with Crippen molar-refractivity contribution in [3.05, 3.63) is 71.5 Å². The summed E-state index contributed by atoms with van der Waals surface area (Å²) in [5.74, 6) is 0.126. The fourth-order valence-electron chi connectivity index (χ4n) is 2.86. The lowest BCUT2D eigenvalue weighted by Gasteiger charge is -2.18. The number of carbonyl (C=O) groups excluding carboxylic acids is 1. The molecule has 0 aliphatic carbocycles. The molecule has 0 atom stereocenters. The molecule has 0 aromatic heterocycles. The summed E-state index contributed by atoms with van der Waals surface area (Å²) in [6, 6.07) is 16.1. The fraction of sp³-hybridized carbons (Fsp3) is 0.190. The van der Waals surface area contributed by atoms with Crippen LogP contribution in [0.4, 0.5) is 4.39 Å². The van der Waals surface area contributed by atoms with Gasteiger partial charge >= 0.3 is 0 Å². The van der Waals surface area contributed by atoms with Crippen LogP contribution in [0.3, 0.4) is 0 Å². The minimum absolute atomic E-state index is 0.120. The summed E-state index contributed by atoms with van der Waals surface area (Å²) in [4.78, 5) is 14.1. The summed E-state index contributed by atoms with van der Waals surface area (Å²) >= 11 is 0. The van der Waals surface area contributed by atoms with Crippen molar-refractivity contribution in [2.75, 3.05) is 21.3 Å². The van der Waals surface area contributed by atoms with Crippen LogP contribution in [0.15, 0.2) is 54.6 Å². The third-order valence-electron chi connectivity index (χ3n) is 4.28. The Morgan fingerprint density at radius 1 is 0.962 bits per heavy atom. The number of methoxy groups -OCH3 is 2. The van der Waals surface area contributed by atoms with Crippen molar-refractivity contribution < 1.29 is 18.7 Å². The van der Waals surface area contributed by atoms with E-state index in [1.807, 2.05) is 36.4 Å². The van der Waals surface area contributed by atoms with Crippen LogP contribution >= 0.6 is 0 Å². The van der Waals surface area contributed by atoms with Gasteiger partial charge < -0.3 is 14.4 Å². The van der Waals surface area contributed by atoms with Crippen molar-refractivity contribution >= 4 is 16.7 Å². The molecule has 3 aromatic rings. The standard InChI is InChI=1S/C21H20FNO3/c1-23(21(24)17-7-9-20(26-3)19(22)12-17)13-14-4-5-16-11-18(25-2)8-6-15(16)10-14/h4-12H,13H2,1-3H3. The Balaban J connectivity index is 1.78. The number of carbonyl (C=O) groups is 1. The highest BCUT2D eigenvalue weighted by atomic mass is 19.1. The van der Waals surface area contributed by atoms with E-state index in [0.29, 0.717) is 6.54 Å². The molecular weight excluding hydrogens is 333 g/mol. The van der Waals surface area contributed by atoms with E-state index in [-0.39, 0.29) is 17.2 Å². The van der Waals surface area contributed by atoms with Crippen molar-refractivity contribution in [1.29, 1.82) is 0 Å². The molecule has 4 nitrogen and oxygen atoms in total. The second-order valence-corrected chi connectivity index (χ2v) is 6.06. The summed E-state index contributed by atoms with van der Waals surface area (Å²) in [7, 11) is 4.72. The molecule has 0 saturated carbocycles. The molecule has 5 heteroatoms. The van der Waals surface area contributed by atoms with Crippen molar-refractivity contribution in [3.63, 3.8) is 0 Å². The first-order valence-electron chi connectivity index (χ1n) is 8.17. The van der Waals surface area contributed by atoms with Crippen molar-refractivity contribution in [2.24, 2.45) is 0 Å². The molecule has 0 bridgehead atoms. The van der Waals surface area contributed by atoms with E-state index in [9.17, 15) is 9.18 Å². The topological polar surface area (TPSA) is 38.8 Å². The third-order valence-corrected chi connectivity index (χ3v) is 4.28. The molecule has 3 aromatic carbocycles. The third kappa shape index (κ3) is 3.61. The molecule has 0 radical (unpaired) electrons. The van der Waals surface area contributed by atoms with E-state index in [1.54, 1.807) is 25.1 Å². The predicted octanol–water partition coefficient (Wildman–Crippen LogP) is 4.27. The largest absolute Gasteiger partial charge is 0.497 e. The molecule has 0 spiro atoms.